The predicted molar refractivity (Wildman–Crippen MR) is 85.7 cm³/mol. The van der Waals surface area contributed by atoms with Crippen molar-refractivity contribution < 1.29 is 9.13 Å². The fraction of sp³-hybridized carbons (Fsp3) is 0.647. The number of methoxy groups -OCH3 is 1. The minimum atomic E-state index is -0.254. The Hall–Kier alpha value is -1.29. The first-order valence-corrected chi connectivity index (χ1v) is 7.94. The lowest BCUT2D eigenvalue weighted by Gasteiger charge is -2.48. The molecule has 118 valence electrons. The van der Waals surface area contributed by atoms with Gasteiger partial charge in [0, 0.05) is 30.7 Å². The molecule has 0 aliphatic carbocycles. The maximum absolute atomic E-state index is 13.5. The molecule has 1 aliphatic rings. The lowest BCUT2D eigenvalue weighted by molar-refractivity contribution is 0.244. The highest BCUT2D eigenvalue weighted by Gasteiger charge is 2.37. The number of ether oxygens (including phenoxy) is 1. The number of piperazine rings is 1. The van der Waals surface area contributed by atoms with Crippen LogP contribution in [0.5, 0.6) is 5.75 Å². The van der Waals surface area contributed by atoms with Gasteiger partial charge in [0.05, 0.1) is 12.8 Å². The van der Waals surface area contributed by atoms with E-state index in [4.69, 9.17) is 4.74 Å². The zero-order valence-electron chi connectivity index (χ0n) is 13.6. The molecule has 0 radical (unpaired) electrons. The third-order valence-corrected chi connectivity index (χ3v) is 4.90. The second kappa shape index (κ2) is 6.65. The van der Waals surface area contributed by atoms with E-state index in [0.29, 0.717) is 11.8 Å². The van der Waals surface area contributed by atoms with Gasteiger partial charge in [-0.05, 0) is 31.4 Å². The summed E-state index contributed by atoms with van der Waals surface area (Å²) in [7, 11) is 1.61. The molecule has 4 heteroatoms. The molecule has 1 N–H and O–H groups in total. The molecule has 1 aromatic carbocycles. The average Bonchev–Trinajstić information content (AvgIpc) is 2.54. The molecule has 1 unspecified atom stereocenters. The summed E-state index contributed by atoms with van der Waals surface area (Å²) in [5, 5.41) is 3.73. The van der Waals surface area contributed by atoms with Gasteiger partial charge >= 0.3 is 0 Å². The Morgan fingerprint density at radius 3 is 2.62 bits per heavy atom. The minimum Gasteiger partial charge on any atom is -0.494 e. The molecule has 1 aromatic rings. The van der Waals surface area contributed by atoms with Crippen LogP contribution in [0.15, 0.2) is 18.2 Å². The minimum absolute atomic E-state index is 0.130. The fourth-order valence-electron chi connectivity index (χ4n) is 3.21. The normalized spacial score (nSPS) is 21.4. The van der Waals surface area contributed by atoms with Crippen molar-refractivity contribution in [3.05, 3.63) is 24.0 Å². The van der Waals surface area contributed by atoms with E-state index in [1.165, 1.54) is 12.1 Å². The number of anilines is 1. The molecule has 0 saturated carbocycles. The summed E-state index contributed by atoms with van der Waals surface area (Å²) < 4.78 is 18.9. The van der Waals surface area contributed by atoms with Gasteiger partial charge in [-0.3, -0.25) is 0 Å². The molecule has 1 atom stereocenters. The lowest BCUT2D eigenvalue weighted by Crippen LogP contribution is -2.64. The van der Waals surface area contributed by atoms with Crippen molar-refractivity contribution in [2.75, 3.05) is 25.1 Å². The second-order valence-electron chi connectivity index (χ2n) is 5.87. The molecule has 0 bridgehead atoms. The van der Waals surface area contributed by atoms with E-state index in [2.05, 4.69) is 31.0 Å². The summed E-state index contributed by atoms with van der Waals surface area (Å²) in [5.41, 5.74) is 1.13. The third kappa shape index (κ3) is 3.15. The first-order valence-electron chi connectivity index (χ1n) is 7.94. The number of nitrogens with one attached hydrogen (secondary N) is 1. The highest BCUT2D eigenvalue weighted by Crippen LogP contribution is 2.35. The van der Waals surface area contributed by atoms with Crippen LogP contribution in [0.25, 0.3) is 0 Å². The van der Waals surface area contributed by atoms with Gasteiger partial charge in [-0.2, -0.15) is 0 Å². The van der Waals surface area contributed by atoms with Crippen molar-refractivity contribution in [2.45, 2.75) is 51.6 Å². The molecule has 1 heterocycles. The zero-order valence-corrected chi connectivity index (χ0v) is 13.6. The first-order chi connectivity index (χ1) is 10.1. The van der Waals surface area contributed by atoms with Crippen molar-refractivity contribution in [3.8, 4) is 5.75 Å². The monoisotopic (exact) mass is 294 g/mol. The van der Waals surface area contributed by atoms with Crippen LogP contribution in [0.3, 0.4) is 0 Å². The maximum Gasteiger partial charge on any atom is 0.145 e. The van der Waals surface area contributed by atoms with Gasteiger partial charge in [0.1, 0.15) is 11.6 Å². The molecule has 0 aromatic heterocycles. The van der Waals surface area contributed by atoms with Crippen molar-refractivity contribution in [1.29, 1.82) is 0 Å². The summed E-state index contributed by atoms with van der Waals surface area (Å²) in [6, 6.07) is 5.25. The molecule has 0 amide bonds. The Kier molecular flexibility index (Phi) is 5.09. The van der Waals surface area contributed by atoms with Crippen LogP contribution in [-0.4, -0.2) is 31.8 Å². The largest absolute Gasteiger partial charge is 0.494 e. The molecule has 1 aliphatic heterocycles. The van der Waals surface area contributed by atoms with E-state index >= 15 is 0 Å². The summed E-state index contributed by atoms with van der Waals surface area (Å²) in [4.78, 5) is 2.39. The standard InChI is InChI=1S/C17H27FN2O/c1-5-14-11-19-17(6-2,7-3)12-20(14)15-9-8-13(18)10-16(15)21-4/h8-10,14,19H,5-7,11-12H2,1-4H3. The second-order valence-corrected chi connectivity index (χ2v) is 5.87. The van der Waals surface area contributed by atoms with Crippen LogP contribution < -0.4 is 15.0 Å². The van der Waals surface area contributed by atoms with E-state index in [-0.39, 0.29) is 11.4 Å². The summed E-state index contributed by atoms with van der Waals surface area (Å²) >= 11 is 0. The highest BCUT2D eigenvalue weighted by molar-refractivity contribution is 5.60. The van der Waals surface area contributed by atoms with Crippen LogP contribution in [0.4, 0.5) is 10.1 Å². The Morgan fingerprint density at radius 2 is 2.05 bits per heavy atom. The van der Waals surface area contributed by atoms with E-state index in [1.54, 1.807) is 7.11 Å². The number of rotatable bonds is 5. The van der Waals surface area contributed by atoms with Gasteiger partial charge in [0.25, 0.3) is 0 Å². The van der Waals surface area contributed by atoms with Crippen molar-refractivity contribution in [1.82, 2.24) is 5.32 Å². The molecule has 1 fully saturated rings. The topological polar surface area (TPSA) is 24.5 Å². The fourth-order valence-corrected chi connectivity index (χ4v) is 3.21. The number of nitrogens with zero attached hydrogens (tertiary/aromatic N) is 1. The third-order valence-electron chi connectivity index (χ3n) is 4.90. The molecular weight excluding hydrogens is 267 g/mol. The van der Waals surface area contributed by atoms with Crippen LogP contribution in [-0.2, 0) is 0 Å². The van der Waals surface area contributed by atoms with Gasteiger partial charge in [0.2, 0.25) is 0 Å². The quantitative estimate of drug-likeness (QED) is 0.898. The van der Waals surface area contributed by atoms with Gasteiger partial charge in [-0.25, -0.2) is 4.39 Å². The molecule has 0 spiro atoms. The maximum atomic E-state index is 13.5. The Balaban J connectivity index is 2.37. The van der Waals surface area contributed by atoms with Gasteiger partial charge in [-0.1, -0.05) is 20.8 Å². The molecule has 2 rings (SSSR count). The lowest BCUT2D eigenvalue weighted by atomic mass is 9.87. The van der Waals surface area contributed by atoms with Gasteiger partial charge in [0.15, 0.2) is 0 Å². The van der Waals surface area contributed by atoms with E-state index in [0.717, 1.165) is 38.0 Å². The number of halogens is 1. The van der Waals surface area contributed by atoms with Crippen molar-refractivity contribution in [2.24, 2.45) is 0 Å². The summed E-state index contributed by atoms with van der Waals surface area (Å²) in [6.07, 6.45) is 3.22. The highest BCUT2D eigenvalue weighted by atomic mass is 19.1. The van der Waals surface area contributed by atoms with Crippen molar-refractivity contribution >= 4 is 5.69 Å². The van der Waals surface area contributed by atoms with Crippen LogP contribution in [0.2, 0.25) is 0 Å². The molecule has 3 nitrogen and oxygen atoms in total. The van der Waals surface area contributed by atoms with Gasteiger partial charge < -0.3 is 15.0 Å². The van der Waals surface area contributed by atoms with Crippen LogP contribution in [0, 0.1) is 5.82 Å². The smallest absolute Gasteiger partial charge is 0.145 e. The predicted octanol–water partition coefficient (Wildman–Crippen LogP) is 3.58. The Bertz CT molecular complexity index is 474. The molecular formula is C17H27FN2O. The number of benzene rings is 1. The van der Waals surface area contributed by atoms with Crippen LogP contribution in [0.1, 0.15) is 40.0 Å². The number of hydrogen-bond donors (Lipinski definition) is 1. The first kappa shape index (κ1) is 16.1. The van der Waals surface area contributed by atoms with Crippen molar-refractivity contribution in [3.63, 3.8) is 0 Å². The van der Waals surface area contributed by atoms with E-state index < -0.39 is 0 Å². The van der Waals surface area contributed by atoms with Crippen LogP contribution >= 0.6 is 0 Å². The molecule has 21 heavy (non-hydrogen) atoms. The SMILES string of the molecule is CCC1CNC(CC)(CC)CN1c1ccc(F)cc1OC. The summed E-state index contributed by atoms with van der Waals surface area (Å²) in [6.45, 7) is 8.53. The summed E-state index contributed by atoms with van der Waals surface area (Å²) in [5.74, 6) is 0.368. The average molecular weight is 294 g/mol. The Morgan fingerprint density at radius 1 is 1.33 bits per heavy atom. The van der Waals surface area contributed by atoms with Gasteiger partial charge in [-0.15, -0.1) is 0 Å². The number of hydrogen-bond acceptors (Lipinski definition) is 3. The molecule has 1 saturated heterocycles. The zero-order chi connectivity index (χ0) is 15.5. The Labute approximate surface area is 127 Å². The van der Waals surface area contributed by atoms with E-state index in [9.17, 15) is 4.39 Å². The van der Waals surface area contributed by atoms with E-state index in [1.807, 2.05) is 6.07 Å².